The smallest absolute Gasteiger partial charge is 0.359 e. The molecule has 2 heterocycles. The number of amides is 1. The third kappa shape index (κ3) is 4.28. The highest BCUT2D eigenvalue weighted by Crippen LogP contribution is 2.24. The average molecular weight is 368 g/mol. The lowest BCUT2D eigenvalue weighted by Crippen LogP contribution is -2.30. The van der Waals surface area contributed by atoms with Crippen LogP contribution >= 0.6 is 11.3 Å². The highest BCUT2D eigenvalue weighted by atomic mass is 32.1. The fraction of sp³-hybridized carbons (Fsp3) is 0.167. The number of anilines is 1. The molecule has 26 heavy (non-hydrogen) atoms. The average Bonchev–Trinajstić information content (AvgIpc) is 3.11. The fourth-order valence-electron chi connectivity index (χ4n) is 2.05. The highest BCUT2D eigenvalue weighted by Gasteiger charge is 2.21. The van der Waals surface area contributed by atoms with E-state index in [1.165, 1.54) is 30.7 Å². The molecular formula is C18H16N4O3S. The van der Waals surface area contributed by atoms with Crippen molar-refractivity contribution in [3.63, 3.8) is 0 Å². The predicted octanol–water partition coefficient (Wildman–Crippen LogP) is 3.09. The topological polar surface area (TPSA) is 94.1 Å². The molecule has 0 radical (unpaired) electrons. The third-order valence-electron chi connectivity index (χ3n) is 3.45. The number of aryl methyl sites for hydroxylation is 1. The van der Waals surface area contributed by atoms with Gasteiger partial charge in [-0.2, -0.15) is 0 Å². The van der Waals surface area contributed by atoms with Crippen LogP contribution in [0.5, 0.6) is 0 Å². The zero-order chi connectivity index (χ0) is 18.5. The molecule has 0 aliphatic heterocycles. The molecule has 1 aromatic carbocycles. The van der Waals surface area contributed by atoms with Gasteiger partial charge in [-0.25, -0.2) is 14.8 Å². The summed E-state index contributed by atoms with van der Waals surface area (Å²) < 4.78 is 5.13. The van der Waals surface area contributed by atoms with Crippen LogP contribution in [0.1, 0.15) is 23.1 Å². The molecule has 3 aromatic rings. The van der Waals surface area contributed by atoms with Gasteiger partial charge in [0.25, 0.3) is 5.91 Å². The van der Waals surface area contributed by atoms with Gasteiger partial charge in [-0.05, 0) is 13.8 Å². The Bertz CT molecular complexity index is 910. The van der Waals surface area contributed by atoms with E-state index in [1.807, 2.05) is 35.7 Å². The van der Waals surface area contributed by atoms with Crippen LogP contribution in [-0.2, 0) is 9.53 Å². The Hall–Kier alpha value is -3.13. The monoisotopic (exact) mass is 368 g/mol. The first kappa shape index (κ1) is 17.7. The molecule has 0 aliphatic carbocycles. The first-order valence-electron chi connectivity index (χ1n) is 7.84. The van der Waals surface area contributed by atoms with Gasteiger partial charge in [0.1, 0.15) is 0 Å². The quantitative estimate of drug-likeness (QED) is 0.696. The Morgan fingerprint density at radius 3 is 2.62 bits per heavy atom. The molecule has 132 valence electrons. The van der Waals surface area contributed by atoms with Crippen molar-refractivity contribution in [1.29, 1.82) is 0 Å². The maximum absolute atomic E-state index is 12.2. The molecule has 1 N–H and O–H groups in total. The second-order valence-electron chi connectivity index (χ2n) is 5.48. The number of carbonyl (C=O) groups is 2. The summed E-state index contributed by atoms with van der Waals surface area (Å²) in [6, 6.07) is 9.64. The first-order valence-corrected chi connectivity index (χ1v) is 8.72. The van der Waals surface area contributed by atoms with Crippen LogP contribution in [-0.4, -0.2) is 32.9 Å². The second-order valence-corrected chi connectivity index (χ2v) is 6.34. The number of hydrogen-bond donors (Lipinski definition) is 1. The number of benzene rings is 1. The van der Waals surface area contributed by atoms with Gasteiger partial charge in [-0.1, -0.05) is 30.3 Å². The molecule has 8 heteroatoms. The number of esters is 1. The van der Waals surface area contributed by atoms with Gasteiger partial charge in [0.15, 0.2) is 16.9 Å². The van der Waals surface area contributed by atoms with Gasteiger partial charge in [0, 0.05) is 17.1 Å². The lowest BCUT2D eigenvalue weighted by molar-refractivity contribution is -0.123. The molecule has 0 saturated heterocycles. The van der Waals surface area contributed by atoms with Gasteiger partial charge in [0.05, 0.1) is 17.6 Å². The number of rotatable bonds is 5. The minimum atomic E-state index is -0.991. The minimum absolute atomic E-state index is 0.0517. The summed E-state index contributed by atoms with van der Waals surface area (Å²) in [6.07, 6.45) is 1.78. The van der Waals surface area contributed by atoms with E-state index >= 15 is 0 Å². The summed E-state index contributed by atoms with van der Waals surface area (Å²) in [5, 5.41) is 4.94. The zero-order valence-electron chi connectivity index (χ0n) is 14.2. The van der Waals surface area contributed by atoms with E-state index in [4.69, 9.17) is 4.74 Å². The third-order valence-corrected chi connectivity index (χ3v) is 4.20. The molecule has 0 saturated carbocycles. The molecule has 0 bridgehead atoms. The van der Waals surface area contributed by atoms with E-state index in [9.17, 15) is 9.59 Å². The Morgan fingerprint density at radius 2 is 1.92 bits per heavy atom. The van der Waals surface area contributed by atoms with Gasteiger partial charge < -0.3 is 4.74 Å². The minimum Gasteiger partial charge on any atom is -0.448 e. The number of hydrogen-bond acceptors (Lipinski definition) is 7. The zero-order valence-corrected chi connectivity index (χ0v) is 15.0. The Labute approximate surface area is 154 Å². The van der Waals surface area contributed by atoms with Crippen LogP contribution in [0.4, 0.5) is 5.13 Å². The molecule has 7 nitrogen and oxygen atoms in total. The first-order chi connectivity index (χ1) is 12.5. The van der Waals surface area contributed by atoms with Crippen LogP contribution in [0, 0.1) is 6.92 Å². The number of carbonyl (C=O) groups excluding carboxylic acids is 2. The van der Waals surface area contributed by atoms with E-state index in [1.54, 1.807) is 6.92 Å². The number of aromatic nitrogens is 3. The Morgan fingerprint density at radius 1 is 1.15 bits per heavy atom. The van der Waals surface area contributed by atoms with Crippen LogP contribution in [0.15, 0.2) is 48.1 Å². The lowest BCUT2D eigenvalue weighted by atomic mass is 10.2. The largest absolute Gasteiger partial charge is 0.448 e. The van der Waals surface area contributed by atoms with Crippen molar-refractivity contribution in [3.05, 3.63) is 59.5 Å². The standard InChI is InChI=1S/C18H16N4O3S/c1-11-8-20-14(9-19-11)17(24)25-12(2)16(23)22-18-21-15(10-26-18)13-6-4-3-5-7-13/h3-10,12H,1-2H3,(H,21,22,23)/t12-/m1/s1. The molecule has 3 rings (SSSR count). The molecule has 0 spiro atoms. The number of ether oxygens (including phenoxy) is 1. The number of nitrogens with zero attached hydrogens (tertiary/aromatic N) is 3. The van der Waals surface area contributed by atoms with Gasteiger partial charge >= 0.3 is 5.97 Å². The SMILES string of the molecule is Cc1cnc(C(=O)O[C@H](C)C(=O)Nc2nc(-c3ccccc3)cs2)cn1. The molecule has 2 aromatic heterocycles. The summed E-state index contributed by atoms with van der Waals surface area (Å²) in [5.74, 6) is -1.17. The highest BCUT2D eigenvalue weighted by molar-refractivity contribution is 7.14. The maximum atomic E-state index is 12.2. The predicted molar refractivity (Wildman–Crippen MR) is 97.8 cm³/mol. The summed E-state index contributed by atoms with van der Waals surface area (Å²) in [4.78, 5) is 36.5. The van der Waals surface area contributed by atoms with E-state index < -0.39 is 18.0 Å². The molecule has 1 amide bonds. The van der Waals surface area contributed by atoms with Crippen LogP contribution in [0.2, 0.25) is 0 Å². The summed E-state index contributed by atoms with van der Waals surface area (Å²) >= 11 is 1.30. The molecule has 0 unspecified atom stereocenters. The Kier molecular flexibility index (Phi) is 5.33. The number of nitrogens with one attached hydrogen (secondary N) is 1. The van der Waals surface area contributed by atoms with Crippen LogP contribution < -0.4 is 5.32 Å². The molecule has 0 aliphatic rings. The van der Waals surface area contributed by atoms with E-state index in [-0.39, 0.29) is 5.69 Å². The van der Waals surface area contributed by atoms with E-state index in [0.29, 0.717) is 10.8 Å². The van der Waals surface area contributed by atoms with Crippen molar-refractivity contribution in [2.75, 3.05) is 5.32 Å². The maximum Gasteiger partial charge on any atom is 0.359 e. The molecular weight excluding hydrogens is 352 g/mol. The Balaban J connectivity index is 1.60. The van der Waals surface area contributed by atoms with Crippen molar-refractivity contribution in [3.8, 4) is 11.3 Å². The summed E-state index contributed by atoms with van der Waals surface area (Å²) in [5.41, 5.74) is 2.47. The van der Waals surface area contributed by atoms with E-state index in [0.717, 1.165) is 11.3 Å². The van der Waals surface area contributed by atoms with Gasteiger partial charge in [-0.15, -0.1) is 11.3 Å². The molecule has 0 fully saturated rings. The fourth-order valence-corrected chi connectivity index (χ4v) is 2.77. The normalized spacial score (nSPS) is 11.6. The summed E-state index contributed by atoms with van der Waals surface area (Å²) in [7, 11) is 0. The van der Waals surface area contributed by atoms with Crippen molar-refractivity contribution in [2.45, 2.75) is 20.0 Å². The van der Waals surface area contributed by atoms with Gasteiger partial charge in [-0.3, -0.25) is 15.1 Å². The van der Waals surface area contributed by atoms with Crippen molar-refractivity contribution in [1.82, 2.24) is 15.0 Å². The summed E-state index contributed by atoms with van der Waals surface area (Å²) in [6.45, 7) is 3.25. The van der Waals surface area contributed by atoms with E-state index in [2.05, 4.69) is 20.3 Å². The van der Waals surface area contributed by atoms with Crippen molar-refractivity contribution in [2.24, 2.45) is 0 Å². The lowest BCUT2D eigenvalue weighted by Gasteiger charge is -2.11. The number of thiazole rings is 1. The van der Waals surface area contributed by atoms with Crippen molar-refractivity contribution < 1.29 is 14.3 Å². The van der Waals surface area contributed by atoms with Gasteiger partial charge in [0.2, 0.25) is 0 Å². The molecule has 1 atom stereocenters. The van der Waals surface area contributed by atoms with Crippen LogP contribution in [0.3, 0.4) is 0 Å². The van der Waals surface area contributed by atoms with Crippen molar-refractivity contribution >= 4 is 28.3 Å². The van der Waals surface area contributed by atoms with Crippen LogP contribution in [0.25, 0.3) is 11.3 Å². The second kappa shape index (κ2) is 7.83.